The molecular formula is C16H19N3O2S. The summed E-state index contributed by atoms with van der Waals surface area (Å²) in [6.45, 7) is 2.60. The van der Waals surface area contributed by atoms with Crippen LogP contribution in [0.2, 0.25) is 0 Å². The lowest BCUT2D eigenvalue weighted by Crippen LogP contribution is -2.42. The van der Waals surface area contributed by atoms with E-state index >= 15 is 0 Å². The molecule has 0 amide bonds. The maximum Gasteiger partial charge on any atom is 0.139 e. The fourth-order valence-electron chi connectivity index (χ4n) is 3.39. The number of thiazole rings is 1. The number of fused-ring (bicyclic) bond motifs is 1. The lowest BCUT2D eigenvalue weighted by Gasteiger charge is -2.31. The Labute approximate surface area is 133 Å². The Bertz CT molecular complexity index is 593. The summed E-state index contributed by atoms with van der Waals surface area (Å²) in [5.41, 5.74) is 0. The van der Waals surface area contributed by atoms with Crippen LogP contribution in [0.25, 0.3) is 0 Å². The van der Waals surface area contributed by atoms with E-state index in [1.54, 1.807) is 23.7 Å². The summed E-state index contributed by atoms with van der Waals surface area (Å²) in [4.78, 5) is 11.0. The first-order valence-corrected chi connectivity index (χ1v) is 8.59. The second-order valence-electron chi connectivity index (χ2n) is 5.75. The molecule has 4 heterocycles. The van der Waals surface area contributed by atoms with Crippen LogP contribution in [0.5, 0.6) is 5.75 Å². The summed E-state index contributed by atoms with van der Waals surface area (Å²) in [6, 6.07) is 4.28. The van der Waals surface area contributed by atoms with E-state index in [9.17, 15) is 0 Å². The van der Waals surface area contributed by atoms with Gasteiger partial charge in [0.1, 0.15) is 23.0 Å². The number of rotatable bonds is 4. The molecule has 0 N–H and O–H groups in total. The number of nitrogens with zero attached hydrogens (tertiary/aromatic N) is 3. The van der Waals surface area contributed by atoms with Gasteiger partial charge in [-0.3, -0.25) is 9.88 Å². The highest BCUT2D eigenvalue weighted by Crippen LogP contribution is 2.32. The van der Waals surface area contributed by atoms with Crippen LogP contribution >= 0.6 is 11.3 Å². The van der Waals surface area contributed by atoms with Gasteiger partial charge in [-0.05, 0) is 25.0 Å². The predicted octanol–water partition coefficient (Wildman–Crippen LogP) is 2.35. The molecule has 0 saturated carbocycles. The molecule has 0 aliphatic carbocycles. The van der Waals surface area contributed by atoms with E-state index in [4.69, 9.17) is 9.47 Å². The lowest BCUT2D eigenvalue weighted by atomic mass is 10.0. The predicted molar refractivity (Wildman–Crippen MR) is 83.9 cm³/mol. The molecule has 0 unspecified atom stereocenters. The Hall–Kier alpha value is -1.50. The largest absolute Gasteiger partial charge is 0.485 e. The van der Waals surface area contributed by atoms with Crippen LogP contribution in [-0.4, -0.2) is 46.3 Å². The number of hydrogen-bond acceptors (Lipinski definition) is 6. The molecule has 3 atom stereocenters. The Kier molecular flexibility index (Phi) is 4.05. The highest BCUT2D eigenvalue weighted by atomic mass is 32.1. The minimum absolute atomic E-state index is 0.0643. The van der Waals surface area contributed by atoms with Crippen LogP contribution in [0.15, 0.2) is 36.1 Å². The van der Waals surface area contributed by atoms with Gasteiger partial charge in [0.2, 0.25) is 0 Å². The lowest BCUT2D eigenvalue weighted by molar-refractivity contribution is -0.0472. The van der Waals surface area contributed by atoms with Crippen molar-refractivity contribution in [1.82, 2.24) is 14.9 Å². The Morgan fingerprint density at radius 3 is 3.23 bits per heavy atom. The summed E-state index contributed by atoms with van der Waals surface area (Å²) in [7, 11) is 0. The summed E-state index contributed by atoms with van der Waals surface area (Å²) in [5.74, 6) is 0.816. The summed E-state index contributed by atoms with van der Waals surface area (Å²) >= 11 is 1.71. The van der Waals surface area contributed by atoms with Crippen molar-refractivity contribution < 1.29 is 9.47 Å². The van der Waals surface area contributed by atoms with Crippen molar-refractivity contribution in [3.63, 3.8) is 0 Å². The van der Waals surface area contributed by atoms with E-state index < -0.39 is 0 Å². The van der Waals surface area contributed by atoms with E-state index in [1.165, 1.54) is 6.42 Å². The maximum absolute atomic E-state index is 6.15. The summed E-state index contributed by atoms with van der Waals surface area (Å²) in [6.07, 6.45) is 7.90. The third-order valence-corrected chi connectivity index (χ3v) is 5.09. The molecule has 5 nitrogen and oxygen atoms in total. The monoisotopic (exact) mass is 317 g/mol. The Balaban J connectivity index is 1.50. The van der Waals surface area contributed by atoms with Crippen molar-refractivity contribution in [1.29, 1.82) is 0 Å². The van der Waals surface area contributed by atoms with Gasteiger partial charge in [-0.1, -0.05) is 0 Å². The van der Waals surface area contributed by atoms with Gasteiger partial charge >= 0.3 is 0 Å². The minimum Gasteiger partial charge on any atom is -0.485 e. The van der Waals surface area contributed by atoms with E-state index in [0.717, 1.165) is 36.9 Å². The van der Waals surface area contributed by atoms with E-state index in [0.29, 0.717) is 6.04 Å². The van der Waals surface area contributed by atoms with Gasteiger partial charge in [-0.15, -0.1) is 11.3 Å². The van der Waals surface area contributed by atoms with Crippen molar-refractivity contribution >= 4 is 11.3 Å². The molecule has 2 aliphatic heterocycles. The zero-order chi connectivity index (χ0) is 14.8. The SMILES string of the molecule is c1cncc(O[C@@H]2CN(Cc3nccs3)[C@@H]3CCCO[C@H]32)c1. The van der Waals surface area contributed by atoms with E-state index in [1.807, 2.05) is 23.7 Å². The first kappa shape index (κ1) is 14.1. The fourth-order valence-corrected chi connectivity index (χ4v) is 4.03. The average molecular weight is 317 g/mol. The molecule has 0 radical (unpaired) electrons. The molecule has 0 aromatic carbocycles. The van der Waals surface area contributed by atoms with Crippen molar-refractivity contribution in [2.45, 2.75) is 37.6 Å². The second-order valence-corrected chi connectivity index (χ2v) is 6.72. The normalized spacial score (nSPS) is 28.5. The number of ether oxygens (including phenoxy) is 2. The van der Waals surface area contributed by atoms with Crippen LogP contribution in [0.4, 0.5) is 0 Å². The van der Waals surface area contributed by atoms with Crippen molar-refractivity contribution in [3.05, 3.63) is 41.1 Å². The first-order chi connectivity index (χ1) is 10.9. The van der Waals surface area contributed by atoms with Gasteiger partial charge < -0.3 is 9.47 Å². The van der Waals surface area contributed by atoms with E-state index in [-0.39, 0.29) is 12.2 Å². The molecule has 6 heteroatoms. The number of aromatic nitrogens is 2. The fraction of sp³-hybridized carbons (Fsp3) is 0.500. The number of pyridine rings is 1. The van der Waals surface area contributed by atoms with Gasteiger partial charge in [-0.25, -0.2) is 4.98 Å². The zero-order valence-electron chi connectivity index (χ0n) is 12.3. The van der Waals surface area contributed by atoms with Crippen LogP contribution in [0.3, 0.4) is 0 Å². The summed E-state index contributed by atoms with van der Waals surface area (Å²) < 4.78 is 12.2. The summed E-state index contributed by atoms with van der Waals surface area (Å²) in [5, 5.41) is 3.19. The minimum atomic E-state index is 0.0643. The quantitative estimate of drug-likeness (QED) is 0.866. The Morgan fingerprint density at radius 2 is 2.41 bits per heavy atom. The maximum atomic E-state index is 6.15. The van der Waals surface area contributed by atoms with E-state index in [2.05, 4.69) is 14.9 Å². The van der Waals surface area contributed by atoms with Gasteiger partial charge in [-0.2, -0.15) is 0 Å². The van der Waals surface area contributed by atoms with Crippen LogP contribution in [-0.2, 0) is 11.3 Å². The second kappa shape index (κ2) is 6.32. The third-order valence-electron chi connectivity index (χ3n) is 4.33. The van der Waals surface area contributed by atoms with Gasteiger partial charge in [0.05, 0.1) is 12.7 Å². The molecule has 22 heavy (non-hydrogen) atoms. The Morgan fingerprint density at radius 1 is 1.41 bits per heavy atom. The van der Waals surface area contributed by atoms with Crippen molar-refractivity contribution in [2.24, 2.45) is 0 Å². The van der Waals surface area contributed by atoms with Crippen LogP contribution in [0, 0.1) is 0 Å². The third kappa shape index (κ3) is 2.86. The van der Waals surface area contributed by atoms with Crippen molar-refractivity contribution in [2.75, 3.05) is 13.2 Å². The molecular weight excluding hydrogens is 298 g/mol. The smallest absolute Gasteiger partial charge is 0.139 e. The average Bonchev–Trinajstić information content (AvgIpc) is 3.18. The molecule has 2 aliphatic rings. The zero-order valence-corrected chi connectivity index (χ0v) is 13.1. The standard InChI is InChI=1S/C16H19N3O2S/c1-3-12(9-17-5-1)21-14-10-19(11-15-18-6-8-22-15)13-4-2-7-20-16(13)14/h1,3,5-6,8-9,13-14,16H,2,4,7,10-11H2/t13-,14-,16-/m1/s1. The molecule has 0 spiro atoms. The van der Waals surface area contributed by atoms with Gasteiger partial charge in [0.15, 0.2) is 0 Å². The molecule has 2 fully saturated rings. The molecule has 2 aromatic heterocycles. The van der Waals surface area contributed by atoms with Gasteiger partial charge in [0, 0.05) is 37.0 Å². The highest BCUT2D eigenvalue weighted by Gasteiger charge is 2.45. The molecule has 4 rings (SSSR count). The van der Waals surface area contributed by atoms with Gasteiger partial charge in [0.25, 0.3) is 0 Å². The van der Waals surface area contributed by atoms with Crippen molar-refractivity contribution in [3.8, 4) is 5.75 Å². The van der Waals surface area contributed by atoms with Crippen LogP contribution in [0.1, 0.15) is 17.8 Å². The first-order valence-electron chi connectivity index (χ1n) is 7.71. The number of likely N-dealkylation sites (tertiary alicyclic amines) is 1. The molecule has 0 bridgehead atoms. The molecule has 116 valence electrons. The molecule has 2 aromatic rings. The van der Waals surface area contributed by atoms with Crippen LogP contribution < -0.4 is 4.74 Å². The number of hydrogen-bond donors (Lipinski definition) is 0. The molecule has 2 saturated heterocycles. The highest BCUT2D eigenvalue weighted by molar-refractivity contribution is 7.09. The topological polar surface area (TPSA) is 47.5 Å².